The van der Waals surface area contributed by atoms with Crippen molar-refractivity contribution in [3.05, 3.63) is 18.3 Å². The van der Waals surface area contributed by atoms with Crippen molar-refractivity contribution < 1.29 is 13.2 Å². The van der Waals surface area contributed by atoms with Gasteiger partial charge in [0.25, 0.3) is 10.0 Å². The molecule has 0 radical (unpaired) electrons. The van der Waals surface area contributed by atoms with E-state index in [2.05, 4.69) is 15.0 Å². The number of pyridine rings is 1. The van der Waals surface area contributed by atoms with E-state index in [9.17, 15) is 8.42 Å². The molecule has 0 fully saturated rings. The highest BCUT2D eigenvalue weighted by Gasteiger charge is 2.18. The molecule has 7 heteroatoms. The highest BCUT2D eigenvalue weighted by Crippen LogP contribution is 2.16. The van der Waals surface area contributed by atoms with Crippen LogP contribution in [-0.2, 0) is 14.8 Å². The van der Waals surface area contributed by atoms with Crippen LogP contribution in [0.2, 0.25) is 0 Å². The van der Waals surface area contributed by atoms with Gasteiger partial charge in [-0.2, -0.15) is 0 Å². The molecule has 0 aromatic carbocycles. The van der Waals surface area contributed by atoms with Gasteiger partial charge in [-0.1, -0.05) is 0 Å². The molecular formula is C11H19N3O3S. The minimum atomic E-state index is -3.57. The fourth-order valence-corrected chi connectivity index (χ4v) is 2.60. The summed E-state index contributed by atoms with van der Waals surface area (Å²) in [5.41, 5.74) is 0.481. The van der Waals surface area contributed by atoms with E-state index in [0.717, 1.165) is 0 Å². The Morgan fingerprint density at radius 1 is 1.44 bits per heavy atom. The zero-order chi connectivity index (χ0) is 13.4. The Bertz CT molecular complexity index is 462. The van der Waals surface area contributed by atoms with Gasteiger partial charge in [0, 0.05) is 33.0 Å². The molecule has 1 aromatic rings. The van der Waals surface area contributed by atoms with Gasteiger partial charge in [-0.3, -0.25) is 0 Å². The molecule has 18 heavy (non-hydrogen) atoms. The minimum absolute atomic E-state index is 0.0175. The monoisotopic (exact) mass is 273 g/mol. The molecule has 1 heterocycles. The van der Waals surface area contributed by atoms with Gasteiger partial charge in [0.05, 0.1) is 5.69 Å². The maximum atomic E-state index is 12.0. The first-order chi connectivity index (χ1) is 8.61. The number of hydrogen-bond acceptors (Lipinski definition) is 5. The Labute approximate surface area is 108 Å². The molecule has 0 saturated heterocycles. The Morgan fingerprint density at radius 2 is 2.22 bits per heavy atom. The molecule has 0 amide bonds. The van der Waals surface area contributed by atoms with E-state index >= 15 is 0 Å². The highest BCUT2D eigenvalue weighted by molar-refractivity contribution is 7.89. The van der Waals surface area contributed by atoms with Crippen LogP contribution in [0.5, 0.6) is 0 Å². The number of sulfonamides is 1. The predicted molar refractivity (Wildman–Crippen MR) is 70.1 cm³/mol. The van der Waals surface area contributed by atoms with Crippen molar-refractivity contribution in [2.24, 2.45) is 0 Å². The van der Waals surface area contributed by atoms with Crippen LogP contribution in [-0.4, -0.2) is 40.2 Å². The molecule has 0 aliphatic carbocycles. The molecule has 6 nitrogen and oxygen atoms in total. The van der Waals surface area contributed by atoms with Crippen LogP contribution in [0.25, 0.3) is 0 Å². The third-order valence-electron chi connectivity index (χ3n) is 2.26. The summed E-state index contributed by atoms with van der Waals surface area (Å²) in [5, 5.41) is 2.82. The van der Waals surface area contributed by atoms with Crippen molar-refractivity contribution in [1.82, 2.24) is 9.71 Å². The average molecular weight is 273 g/mol. The van der Waals surface area contributed by atoms with Gasteiger partial charge in [0.1, 0.15) is 0 Å². The first kappa shape index (κ1) is 14.9. The summed E-state index contributed by atoms with van der Waals surface area (Å²) in [7, 11) is -1.91. The molecule has 0 aliphatic rings. The topological polar surface area (TPSA) is 80.3 Å². The molecule has 1 rings (SSSR count). The Balaban J connectivity index is 2.63. The van der Waals surface area contributed by atoms with Crippen LogP contribution < -0.4 is 10.0 Å². The van der Waals surface area contributed by atoms with Gasteiger partial charge >= 0.3 is 0 Å². The summed E-state index contributed by atoms with van der Waals surface area (Å²) >= 11 is 0. The summed E-state index contributed by atoms with van der Waals surface area (Å²) in [6, 6.07) is 3.35. The zero-order valence-corrected chi connectivity index (χ0v) is 11.5. The van der Waals surface area contributed by atoms with Gasteiger partial charge in [-0.05, 0) is 25.5 Å². The Morgan fingerprint density at radius 3 is 2.89 bits per heavy atom. The van der Waals surface area contributed by atoms with E-state index in [0.29, 0.717) is 31.9 Å². The molecule has 0 bridgehead atoms. The summed E-state index contributed by atoms with van der Waals surface area (Å²) in [4.78, 5) is 3.89. The third-order valence-corrected chi connectivity index (χ3v) is 3.68. The van der Waals surface area contributed by atoms with Crippen LogP contribution in [0.1, 0.15) is 13.3 Å². The van der Waals surface area contributed by atoms with E-state index in [1.165, 1.54) is 6.20 Å². The lowest BCUT2D eigenvalue weighted by Gasteiger charge is -2.09. The number of ether oxygens (including phenoxy) is 1. The number of hydrogen-bond donors (Lipinski definition) is 2. The lowest BCUT2D eigenvalue weighted by atomic mass is 10.4. The van der Waals surface area contributed by atoms with E-state index in [1.54, 1.807) is 19.2 Å². The number of aromatic nitrogens is 1. The normalized spacial score (nSPS) is 11.4. The van der Waals surface area contributed by atoms with Gasteiger partial charge in [0.15, 0.2) is 5.03 Å². The maximum absolute atomic E-state index is 12.0. The van der Waals surface area contributed by atoms with Crippen LogP contribution in [0, 0.1) is 0 Å². The molecular weight excluding hydrogens is 254 g/mol. The number of nitrogens with one attached hydrogen (secondary N) is 2. The van der Waals surface area contributed by atoms with Crippen molar-refractivity contribution in [2.45, 2.75) is 18.4 Å². The van der Waals surface area contributed by atoms with E-state index in [4.69, 9.17) is 4.74 Å². The van der Waals surface area contributed by atoms with Crippen LogP contribution in [0.4, 0.5) is 5.69 Å². The lowest BCUT2D eigenvalue weighted by Crippen LogP contribution is -2.27. The zero-order valence-electron chi connectivity index (χ0n) is 10.6. The Hall–Kier alpha value is -1.18. The van der Waals surface area contributed by atoms with Gasteiger partial charge in [-0.15, -0.1) is 0 Å². The quantitative estimate of drug-likeness (QED) is 0.686. The lowest BCUT2D eigenvalue weighted by molar-refractivity contribution is 0.146. The molecule has 0 aliphatic heterocycles. The molecule has 0 unspecified atom stereocenters. The van der Waals surface area contributed by atoms with Gasteiger partial charge < -0.3 is 10.1 Å². The second kappa shape index (κ2) is 7.30. The predicted octanol–water partition coefficient (Wildman–Crippen LogP) is 0.828. The second-order valence-corrected chi connectivity index (χ2v) is 5.24. The van der Waals surface area contributed by atoms with E-state index < -0.39 is 10.0 Å². The summed E-state index contributed by atoms with van der Waals surface area (Å²) < 4.78 is 31.6. The summed E-state index contributed by atoms with van der Waals surface area (Å²) in [6.45, 7) is 3.41. The van der Waals surface area contributed by atoms with E-state index in [-0.39, 0.29) is 5.03 Å². The summed E-state index contributed by atoms with van der Waals surface area (Å²) in [6.07, 6.45) is 2.09. The average Bonchev–Trinajstić information content (AvgIpc) is 2.38. The molecule has 0 spiro atoms. The first-order valence-corrected chi connectivity index (χ1v) is 7.30. The molecule has 2 N–H and O–H groups in total. The standard InChI is InChI=1S/C11H19N3O3S/c1-3-17-9-5-8-14-18(15,16)11-10(12-2)6-4-7-13-11/h4,6-7,12,14H,3,5,8-9H2,1-2H3. The van der Waals surface area contributed by atoms with Crippen molar-refractivity contribution in [1.29, 1.82) is 0 Å². The van der Waals surface area contributed by atoms with Crippen molar-refractivity contribution in [3.8, 4) is 0 Å². The Kier molecular flexibility index (Phi) is 6.03. The smallest absolute Gasteiger partial charge is 0.260 e. The molecule has 1 aromatic heterocycles. The second-order valence-electron chi connectivity index (χ2n) is 3.55. The fraction of sp³-hybridized carbons (Fsp3) is 0.545. The fourth-order valence-electron chi connectivity index (χ4n) is 1.39. The third kappa shape index (κ3) is 4.25. The number of nitrogens with zero attached hydrogens (tertiary/aromatic N) is 1. The van der Waals surface area contributed by atoms with Gasteiger partial charge in [-0.25, -0.2) is 18.1 Å². The SMILES string of the molecule is CCOCCCNS(=O)(=O)c1ncccc1NC. The maximum Gasteiger partial charge on any atom is 0.260 e. The van der Waals surface area contributed by atoms with Crippen molar-refractivity contribution in [3.63, 3.8) is 0 Å². The number of anilines is 1. The van der Waals surface area contributed by atoms with Crippen LogP contribution >= 0.6 is 0 Å². The van der Waals surface area contributed by atoms with Crippen molar-refractivity contribution in [2.75, 3.05) is 32.1 Å². The molecule has 0 atom stereocenters. The van der Waals surface area contributed by atoms with Gasteiger partial charge in [0.2, 0.25) is 0 Å². The van der Waals surface area contributed by atoms with Crippen molar-refractivity contribution >= 4 is 15.7 Å². The van der Waals surface area contributed by atoms with E-state index in [1.807, 2.05) is 6.92 Å². The first-order valence-electron chi connectivity index (χ1n) is 5.82. The largest absolute Gasteiger partial charge is 0.386 e. The molecule has 102 valence electrons. The highest BCUT2D eigenvalue weighted by atomic mass is 32.2. The minimum Gasteiger partial charge on any atom is -0.386 e. The summed E-state index contributed by atoms with van der Waals surface area (Å²) in [5.74, 6) is 0. The number of rotatable bonds is 8. The van der Waals surface area contributed by atoms with Crippen LogP contribution in [0.15, 0.2) is 23.4 Å². The molecule has 0 saturated carbocycles. The van der Waals surface area contributed by atoms with Crippen LogP contribution in [0.3, 0.4) is 0 Å².